The van der Waals surface area contributed by atoms with Crippen molar-refractivity contribution >= 4 is 23.4 Å². The van der Waals surface area contributed by atoms with E-state index in [1.165, 1.54) is 31.4 Å². The van der Waals surface area contributed by atoms with Crippen LogP contribution in [-0.4, -0.2) is 35.0 Å². The highest BCUT2D eigenvalue weighted by Crippen LogP contribution is 2.28. The van der Waals surface area contributed by atoms with Gasteiger partial charge in [-0.05, 0) is 38.0 Å². The Bertz CT molecular complexity index is 548. The van der Waals surface area contributed by atoms with Crippen molar-refractivity contribution < 1.29 is 4.92 Å². The number of benzene rings is 1. The van der Waals surface area contributed by atoms with Gasteiger partial charge in [0.25, 0.3) is 5.69 Å². The molecular weight excluding hydrogens is 312 g/mol. The summed E-state index contributed by atoms with van der Waals surface area (Å²) in [5.74, 6) is 0.817. The summed E-state index contributed by atoms with van der Waals surface area (Å²) < 4.78 is 0. The van der Waals surface area contributed by atoms with Crippen molar-refractivity contribution in [2.45, 2.75) is 44.0 Å². The fraction of sp³-hybridized carbons (Fsp3) is 0.562. The highest BCUT2D eigenvalue weighted by molar-refractivity contribution is 7.99. The summed E-state index contributed by atoms with van der Waals surface area (Å²) in [6, 6.07) is 7.02. The Labute approximate surface area is 141 Å². The molecule has 0 saturated heterocycles. The number of nitro groups is 1. The molecule has 7 heteroatoms. The SMILES string of the molecule is CCNC(=NCc1ccc([N+](=O)[O-])cc1)NC1CCC(SC)C1. The minimum Gasteiger partial charge on any atom is -0.357 e. The van der Waals surface area contributed by atoms with Crippen LogP contribution in [0.15, 0.2) is 29.3 Å². The lowest BCUT2D eigenvalue weighted by molar-refractivity contribution is -0.384. The van der Waals surface area contributed by atoms with Gasteiger partial charge in [0, 0.05) is 30.0 Å². The Balaban J connectivity index is 1.94. The Morgan fingerprint density at radius 3 is 2.70 bits per heavy atom. The molecule has 1 aromatic carbocycles. The van der Waals surface area contributed by atoms with Gasteiger partial charge >= 0.3 is 0 Å². The van der Waals surface area contributed by atoms with E-state index in [0.29, 0.717) is 12.6 Å². The third-order valence-electron chi connectivity index (χ3n) is 3.97. The van der Waals surface area contributed by atoms with Crippen LogP contribution in [0.4, 0.5) is 5.69 Å². The van der Waals surface area contributed by atoms with Crippen LogP contribution < -0.4 is 10.6 Å². The molecule has 6 nitrogen and oxygen atoms in total. The molecule has 126 valence electrons. The van der Waals surface area contributed by atoms with Gasteiger partial charge in [-0.2, -0.15) is 11.8 Å². The molecule has 2 atom stereocenters. The average Bonchev–Trinajstić information content (AvgIpc) is 3.01. The monoisotopic (exact) mass is 336 g/mol. The van der Waals surface area contributed by atoms with E-state index in [2.05, 4.69) is 21.9 Å². The number of nitro benzene ring substituents is 1. The van der Waals surface area contributed by atoms with E-state index in [-0.39, 0.29) is 10.6 Å². The highest BCUT2D eigenvalue weighted by Gasteiger charge is 2.24. The van der Waals surface area contributed by atoms with Crippen molar-refractivity contribution in [3.8, 4) is 0 Å². The third kappa shape index (κ3) is 5.42. The number of non-ortho nitro benzene ring substituents is 1. The number of thioether (sulfide) groups is 1. The first-order valence-electron chi connectivity index (χ1n) is 7.93. The number of hydrogen-bond donors (Lipinski definition) is 2. The first-order valence-corrected chi connectivity index (χ1v) is 9.22. The van der Waals surface area contributed by atoms with Crippen molar-refractivity contribution in [1.82, 2.24) is 10.6 Å². The van der Waals surface area contributed by atoms with E-state index >= 15 is 0 Å². The molecule has 2 rings (SSSR count). The number of guanidine groups is 1. The molecule has 0 aromatic heterocycles. The molecule has 1 aliphatic carbocycles. The lowest BCUT2D eigenvalue weighted by atomic mass is 10.2. The second kappa shape index (κ2) is 8.76. The highest BCUT2D eigenvalue weighted by atomic mass is 32.2. The zero-order chi connectivity index (χ0) is 16.7. The minimum atomic E-state index is -0.388. The Hall–Kier alpha value is -1.76. The van der Waals surface area contributed by atoms with E-state index in [4.69, 9.17) is 0 Å². The minimum absolute atomic E-state index is 0.108. The molecule has 1 aliphatic rings. The van der Waals surface area contributed by atoms with E-state index in [9.17, 15) is 10.1 Å². The van der Waals surface area contributed by atoms with Crippen LogP contribution in [0.3, 0.4) is 0 Å². The van der Waals surface area contributed by atoms with Crippen LogP contribution in [0.5, 0.6) is 0 Å². The molecule has 0 heterocycles. The smallest absolute Gasteiger partial charge is 0.269 e. The molecule has 1 fully saturated rings. The summed E-state index contributed by atoms with van der Waals surface area (Å²) in [5, 5.41) is 18.2. The third-order valence-corrected chi connectivity index (χ3v) is 5.06. The first-order chi connectivity index (χ1) is 11.1. The van der Waals surface area contributed by atoms with Gasteiger partial charge < -0.3 is 10.6 Å². The van der Waals surface area contributed by atoms with Crippen LogP contribution in [0.2, 0.25) is 0 Å². The summed E-state index contributed by atoms with van der Waals surface area (Å²) in [6.07, 6.45) is 5.76. The zero-order valence-corrected chi connectivity index (χ0v) is 14.4. The number of aliphatic imine (C=N–C) groups is 1. The van der Waals surface area contributed by atoms with E-state index in [1.807, 2.05) is 18.7 Å². The van der Waals surface area contributed by atoms with Crippen LogP contribution in [-0.2, 0) is 6.54 Å². The lowest BCUT2D eigenvalue weighted by Gasteiger charge is -2.17. The van der Waals surface area contributed by atoms with Crippen molar-refractivity contribution in [1.29, 1.82) is 0 Å². The molecule has 0 bridgehead atoms. The molecule has 0 spiro atoms. The van der Waals surface area contributed by atoms with Gasteiger partial charge in [0.05, 0.1) is 11.5 Å². The standard InChI is InChI=1S/C16H24N4O2S/c1-3-17-16(19-13-6-9-15(10-13)23-2)18-11-12-4-7-14(8-5-12)20(21)22/h4-5,7-8,13,15H,3,6,9-11H2,1-2H3,(H2,17,18,19). The van der Waals surface area contributed by atoms with Crippen molar-refractivity contribution in [2.75, 3.05) is 12.8 Å². The molecule has 0 amide bonds. The predicted octanol–water partition coefficient (Wildman–Crippen LogP) is 2.93. The quantitative estimate of drug-likeness (QED) is 0.361. The maximum absolute atomic E-state index is 10.7. The van der Waals surface area contributed by atoms with Crippen molar-refractivity contribution in [3.05, 3.63) is 39.9 Å². The van der Waals surface area contributed by atoms with Crippen molar-refractivity contribution in [3.63, 3.8) is 0 Å². The van der Waals surface area contributed by atoms with E-state index < -0.39 is 0 Å². The maximum Gasteiger partial charge on any atom is 0.269 e. The summed E-state index contributed by atoms with van der Waals surface area (Å²) in [5.41, 5.74) is 1.07. The number of rotatable bonds is 6. The second-order valence-corrected chi connectivity index (χ2v) is 6.77. The van der Waals surface area contributed by atoms with Gasteiger partial charge in [0.1, 0.15) is 0 Å². The molecule has 0 radical (unpaired) electrons. The first kappa shape index (κ1) is 17.6. The lowest BCUT2D eigenvalue weighted by Crippen LogP contribution is -2.42. The summed E-state index contributed by atoms with van der Waals surface area (Å²) in [4.78, 5) is 14.9. The average molecular weight is 336 g/mol. The van der Waals surface area contributed by atoms with E-state index in [1.54, 1.807) is 12.1 Å². The van der Waals surface area contributed by atoms with Crippen LogP contribution in [0.1, 0.15) is 31.7 Å². The normalized spacial score (nSPS) is 21.2. The van der Waals surface area contributed by atoms with Gasteiger partial charge in [-0.15, -0.1) is 0 Å². The topological polar surface area (TPSA) is 79.6 Å². The predicted molar refractivity (Wildman–Crippen MR) is 96.0 cm³/mol. The van der Waals surface area contributed by atoms with Crippen LogP contribution in [0, 0.1) is 10.1 Å². The molecule has 0 aliphatic heterocycles. The molecule has 2 unspecified atom stereocenters. The van der Waals surface area contributed by atoms with Crippen LogP contribution >= 0.6 is 11.8 Å². The summed E-state index contributed by atoms with van der Waals surface area (Å²) in [6.45, 7) is 3.36. The molecule has 23 heavy (non-hydrogen) atoms. The second-order valence-electron chi connectivity index (χ2n) is 5.63. The van der Waals surface area contributed by atoms with Gasteiger partial charge in [0.15, 0.2) is 5.96 Å². The Kier molecular flexibility index (Phi) is 6.70. The number of nitrogens with zero attached hydrogens (tertiary/aromatic N) is 2. The summed E-state index contributed by atoms with van der Waals surface area (Å²) in [7, 11) is 0. The molecule has 1 aromatic rings. The fourth-order valence-electron chi connectivity index (χ4n) is 2.69. The van der Waals surface area contributed by atoms with Crippen molar-refractivity contribution in [2.24, 2.45) is 4.99 Å². The molecule has 2 N–H and O–H groups in total. The molecular formula is C16H24N4O2S. The zero-order valence-electron chi connectivity index (χ0n) is 13.6. The number of nitrogens with one attached hydrogen (secondary N) is 2. The largest absolute Gasteiger partial charge is 0.357 e. The Morgan fingerprint density at radius 1 is 1.39 bits per heavy atom. The molecule has 1 saturated carbocycles. The van der Waals surface area contributed by atoms with Gasteiger partial charge in [-0.1, -0.05) is 12.1 Å². The fourth-order valence-corrected chi connectivity index (χ4v) is 3.49. The Morgan fingerprint density at radius 2 is 2.13 bits per heavy atom. The van der Waals surface area contributed by atoms with Gasteiger partial charge in [-0.3, -0.25) is 10.1 Å². The van der Waals surface area contributed by atoms with E-state index in [0.717, 1.165) is 23.3 Å². The van der Waals surface area contributed by atoms with Gasteiger partial charge in [0.2, 0.25) is 0 Å². The maximum atomic E-state index is 10.7. The van der Waals surface area contributed by atoms with Crippen LogP contribution in [0.25, 0.3) is 0 Å². The summed E-state index contributed by atoms with van der Waals surface area (Å²) >= 11 is 1.94. The van der Waals surface area contributed by atoms with Gasteiger partial charge in [-0.25, -0.2) is 4.99 Å². The number of hydrogen-bond acceptors (Lipinski definition) is 4.